The van der Waals surface area contributed by atoms with Gasteiger partial charge >= 0.3 is 0 Å². The minimum Gasteiger partial charge on any atom is -0.508 e. The Hall–Kier alpha value is -1.23. The minimum absolute atomic E-state index is 0. The number of thioether (sulfide) groups is 1. The Morgan fingerprint density at radius 3 is 1.48 bits per heavy atom. The molecule has 0 aliphatic carbocycles. The molecule has 0 spiro atoms. The molecular formula is C23H40O2SSi. The van der Waals surface area contributed by atoms with E-state index in [1.807, 2.05) is 37.3 Å². The summed E-state index contributed by atoms with van der Waals surface area (Å²) in [7, 11) is -0.454. The average Bonchev–Trinajstić information content (AvgIpc) is 2.55. The average molecular weight is 409 g/mol. The van der Waals surface area contributed by atoms with E-state index in [-0.39, 0.29) is 5.48 Å². The fourth-order valence-electron chi connectivity index (χ4n) is 3.49. The van der Waals surface area contributed by atoms with Crippen molar-refractivity contribution >= 4 is 20.6 Å². The number of hydrogen-bond acceptors (Lipinski definition) is 2. The van der Waals surface area contributed by atoms with Gasteiger partial charge in [-0.3, -0.25) is 0 Å². The van der Waals surface area contributed by atoms with Crippen LogP contribution in [0, 0.1) is 6.92 Å². The Balaban J connectivity index is 0. The second kappa shape index (κ2) is 15.8. The lowest BCUT2D eigenvalue weighted by atomic mass is 10.2. The number of hydrogen-bond donors (Lipinski definition) is 1. The standard InChI is InChI=1S/C9H22Si.C7H8O.C7H8S.H2O/c1-7(2)10(8(3)4)9(5)6;1-6-3-2-4-7(8)5-6;1-8-7-5-3-2-4-6-7;/h7-10H,1-6H3;2-5,8H,1H3;2-6H,1H3;1H2. The highest BCUT2D eigenvalue weighted by Gasteiger charge is 2.22. The van der Waals surface area contributed by atoms with E-state index in [1.165, 1.54) is 4.90 Å². The van der Waals surface area contributed by atoms with Gasteiger partial charge < -0.3 is 10.6 Å². The van der Waals surface area contributed by atoms with Crippen molar-refractivity contribution in [1.82, 2.24) is 0 Å². The van der Waals surface area contributed by atoms with Crippen molar-refractivity contribution in [3.05, 3.63) is 60.2 Å². The maximum atomic E-state index is 8.81. The summed E-state index contributed by atoms with van der Waals surface area (Å²) in [6.45, 7) is 16.3. The SMILES string of the molecule is CC(C)[SiH](C(C)C)C(C)C.CSc1ccccc1.Cc1cccc(O)c1.O. The first kappa shape index (κ1) is 28.0. The van der Waals surface area contributed by atoms with Crippen molar-refractivity contribution in [2.45, 2.75) is 70.0 Å². The molecular weight excluding hydrogens is 368 g/mol. The molecule has 0 unspecified atom stereocenters. The lowest BCUT2D eigenvalue weighted by Crippen LogP contribution is -2.24. The Labute approximate surface area is 173 Å². The number of aryl methyl sites for hydroxylation is 1. The van der Waals surface area contributed by atoms with Gasteiger partial charge in [0.25, 0.3) is 0 Å². The lowest BCUT2D eigenvalue weighted by molar-refractivity contribution is 0.475. The van der Waals surface area contributed by atoms with E-state index in [4.69, 9.17) is 5.11 Å². The van der Waals surface area contributed by atoms with Gasteiger partial charge in [-0.2, -0.15) is 0 Å². The molecule has 3 N–H and O–H groups in total. The maximum Gasteiger partial charge on any atom is 0.115 e. The van der Waals surface area contributed by atoms with Gasteiger partial charge in [-0.15, -0.1) is 11.8 Å². The number of benzene rings is 2. The summed E-state index contributed by atoms with van der Waals surface area (Å²) in [5.41, 5.74) is 4.00. The van der Waals surface area contributed by atoms with Gasteiger partial charge in [0.15, 0.2) is 0 Å². The maximum absolute atomic E-state index is 8.81. The lowest BCUT2D eigenvalue weighted by Gasteiger charge is -2.26. The van der Waals surface area contributed by atoms with Crippen LogP contribution in [0.3, 0.4) is 0 Å². The van der Waals surface area contributed by atoms with Crippen LogP contribution in [0.2, 0.25) is 16.6 Å². The molecule has 2 rings (SSSR count). The summed E-state index contributed by atoms with van der Waals surface area (Å²) >= 11 is 1.77. The minimum atomic E-state index is -0.454. The largest absolute Gasteiger partial charge is 0.508 e. The van der Waals surface area contributed by atoms with E-state index < -0.39 is 8.80 Å². The molecule has 0 aromatic heterocycles. The number of phenolic OH excluding ortho intramolecular Hbond substituents is 1. The van der Waals surface area contributed by atoms with E-state index >= 15 is 0 Å². The third-order valence-electron chi connectivity index (χ3n) is 4.29. The van der Waals surface area contributed by atoms with Gasteiger partial charge in [0.1, 0.15) is 5.75 Å². The second-order valence-electron chi connectivity index (χ2n) is 7.67. The predicted molar refractivity (Wildman–Crippen MR) is 127 cm³/mol. The molecule has 0 heterocycles. The molecule has 27 heavy (non-hydrogen) atoms. The van der Waals surface area contributed by atoms with Gasteiger partial charge in [0.05, 0.1) is 0 Å². The number of rotatable bonds is 4. The molecule has 0 radical (unpaired) electrons. The van der Waals surface area contributed by atoms with Crippen molar-refractivity contribution in [2.24, 2.45) is 0 Å². The van der Waals surface area contributed by atoms with E-state index in [0.29, 0.717) is 5.75 Å². The van der Waals surface area contributed by atoms with Gasteiger partial charge in [0.2, 0.25) is 0 Å². The molecule has 0 saturated heterocycles. The van der Waals surface area contributed by atoms with Crippen molar-refractivity contribution < 1.29 is 10.6 Å². The van der Waals surface area contributed by atoms with Gasteiger partial charge in [-0.25, -0.2) is 0 Å². The molecule has 0 aliphatic heterocycles. The van der Waals surface area contributed by atoms with Crippen LogP contribution in [-0.4, -0.2) is 25.6 Å². The first-order valence-electron chi connectivity index (χ1n) is 9.53. The molecule has 2 nitrogen and oxygen atoms in total. The second-order valence-corrected chi connectivity index (χ2v) is 13.7. The van der Waals surface area contributed by atoms with Crippen molar-refractivity contribution in [1.29, 1.82) is 0 Å². The van der Waals surface area contributed by atoms with Crippen molar-refractivity contribution in [2.75, 3.05) is 6.26 Å². The zero-order valence-electron chi connectivity index (χ0n) is 18.4. The summed E-state index contributed by atoms with van der Waals surface area (Å²) in [5.74, 6) is 0.338. The van der Waals surface area contributed by atoms with Gasteiger partial charge in [-0.05, 0) is 43.0 Å². The van der Waals surface area contributed by atoms with Crippen LogP contribution in [0.4, 0.5) is 0 Å². The predicted octanol–water partition coefficient (Wildman–Crippen LogP) is 6.73. The third-order valence-corrected chi connectivity index (χ3v) is 9.65. The van der Waals surface area contributed by atoms with Crippen LogP contribution in [0.5, 0.6) is 5.75 Å². The van der Waals surface area contributed by atoms with Gasteiger partial charge in [-0.1, -0.05) is 88.5 Å². The molecule has 2 aromatic carbocycles. The summed E-state index contributed by atoms with van der Waals surface area (Å²) < 4.78 is 0. The fraction of sp³-hybridized carbons (Fsp3) is 0.478. The first-order chi connectivity index (χ1) is 12.2. The molecule has 0 bridgehead atoms. The van der Waals surface area contributed by atoms with Crippen LogP contribution in [0.15, 0.2) is 59.5 Å². The van der Waals surface area contributed by atoms with Crippen molar-refractivity contribution in [3.63, 3.8) is 0 Å². The highest BCUT2D eigenvalue weighted by atomic mass is 32.2. The van der Waals surface area contributed by atoms with Crippen LogP contribution in [-0.2, 0) is 0 Å². The molecule has 0 amide bonds. The smallest absolute Gasteiger partial charge is 0.115 e. The van der Waals surface area contributed by atoms with E-state index in [2.05, 4.69) is 59.9 Å². The van der Waals surface area contributed by atoms with E-state index in [9.17, 15) is 0 Å². The van der Waals surface area contributed by atoms with Crippen molar-refractivity contribution in [3.8, 4) is 5.75 Å². The molecule has 154 valence electrons. The normalized spacial score (nSPS) is 10.1. The zero-order valence-corrected chi connectivity index (χ0v) is 20.3. The summed E-state index contributed by atoms with van der Waals surface area (Å²) in [5, 5.41) is 8.81. The Morgan fingerprint density at radius 2 is 1.26 bits per heavy atom. The van der Waals surface area contributed by atoms with E-state index in [0.717, 1.165) is 22.2 Å². The molecule has 2 aromatic rings. The Kier molecular flexibility index (Phi) is 16.4. The first-order valence-corrected chi connectivity index (χ1v) is 12.8. The summed E-state index contributed by atoms with van der Waals surface area (Å²) in [4.78, 5) is 1.33. The summed E-state index contributed by atoms with van der Waals surface area (Å²) in [6.07, 6.45) is 2.08. The number of phenols is 1. The quantitative estimate of drug-likeness (QED) is 0.450. The number of aromatic hydroxyl groups is 1. The van der Waals surface area contributed by atoms with Crippen LogP contribution in [0.25, 0.3) is 0 Å². The molecule has 0 fully saturated rings. The monoisotopic (exact) mass is 408 g/mol. The highest BCUT2D eigenvalue weighted by Crippen LogP contribution is 2.29. The Morgan fingerprint density at radius 1 is 0.778 bits per heavy atom. The molecule has 4 heteroatoms. The molecule has 0 aliphatic rings. The molecule has 0 saturated carbocycles. The Bertz CT molecular complexity index is 550. The highest BCUT2D eigenvalue weighted by molar-refractivity contribution is 7.98. The van der Waals surface area contributed by atoms with E-state index in [1.54, 1.807) is 23.9 Å². The van der Waals surface area contributed by atoms with Gasteiger partial charge in [0, 0.05) is 13.7 Å². The molecule has 0 atom stereocenters. The van der Waals surface area contributed by atoms with Crippen LogP contribution in [0.1, 0.15) is 47.1 Å². The third kappa shape index (κ3) is 13.6. The summed E-state index contributed by atoms with van der Waals surface area (Å²) in [6, 6.07) is 17.5. The topological polar surface area (TPSA) is 51.7 Å². The fourth-order valence-corrected chi connectivity index (χ4v) is 8.54. The zero-order chi connectivity index (χ0) is 20.1. The van der Waals surface area contributed by atoms with Crippen LogP contribution >= 0.6 is 11.8 Å². The van der Waals surface area contributed by atoms with Crippen LogP contribution < -0.4 is 0 Å².